The molecule has 3 aliphatic rings. The van der Waals surface area contributed by atoms with Crippen LogP contribution in [0.2, 0.25) is 0 Å². The van der Waals surface area contributed by atoms with E-state index in [1.54, 1.807) is 6.07 Å². The van der Waals surface area contributed by atoms with E-state index >= 15 is 4.39 Å². The van der Waals surface area contributed by atoms with E-state index in [1.807, 2.05) is 65.5 Å². The lowest BCUT2D eigenvalue weighted by atomic mass is 9.68. The number of benzene rings is 1. The monoisotopic (exact) mass is 459 g/mol. The number of carbonyl (C=O) groups excluding carboxylic acids is 1. The summed E-state index contributed by atoms with van der Waals surface area (Å²) in [5.74, 6) is 0.0310. The Bertz CT molecular complexity index is 886. The predicted molar refractivity (Wildman–Crippen MR) is 128 cm³/mol. The lowest BCUT2D eigenvalue weighted by Crippen LogP contribution is -2.41. The molecule has 1 saturated carbocycles. The van der Waals surface area contributed by atoms with Crippen LogP contribution in [0.5, 0.6) is 0 Å². The molecular formula is C26H39BFNO4. The first-order valence-corrected chi connectivity index (χ1v) is 12.3. The highest BCUT2D eigenvalue weighted by atomic mass is 19.1. The van der Waals surface area contributed by atoms with Crippen molar-refractivity contribution >= 4 is 18.7 Å². The van der Waals surface area contributed by atoms with Gasteiger partial charge in [0.1, 0.15) is 11.4 Å². The Morgan fingerprint density at radius 1 is 1.09 bits per heavy atom. The van der Waals surface area contributed by atoms with Gasteiger partial charge < -0.3 is 18.9 Å². The standard InChI is InChI=1S/C26H39BFNO4/c1-23(2,3)31-22(30)29-15-14-26(17-29)12-10-18(11-13-26)20-9-8-19(16-21(20)28)27-32-24(4,5)25(6,7)33-27/h8-9,16,18H,10-15,17H2,1-7H3. The largest absolute Gasteiger partial charge is 0.494 e. The third-order valence-electron chi connectivity index (χ3n) is 8.13. The van der Waals surface area contributed by atoms with Crippen molar-refractivity contribution < 1.29 is 23.2 Å². The van der Waals surface area contributed by atoms with E-state index in [9.17, 15) is 4.79 Å². The van der Waals surface area contributed by atoms with Gasteiger partial charge in [0, 0.05) is 13.1 Å². The fourth-order valence-electron chi connectivity index (χ4n) is 5.37. The summed E-state index contributed by atoms with van der Waals surface area (Å²) >= 11 is 0. The van der Waals surface area contributed by atoms with Crippen molar-refractivity contribution in [1.82, 2.24) is 4.90 Å². The molecule has 182 valence electrons. The van der Waals surface area contributed by atoms with Crippen molar-refractivity contribution in [3.8, 4) is 0 Å². The number of halogens is 1. The zero-order chi connectivity index (χ0) is 24.2. The Labute approximate surface area is 198 Å². The van der Waals surface area contributed by atoms with Crippen LogP contribution in [0.25, 0.3) is 0 Å². The summed E-state index contributed by atoms with van der Waals surface area (Å²) in [6.07, 6.45) is 4.68. The van der Waals surface area contributed by atoms with E-state index in [1.165, 1.54) is 0 Å². The highest BCUT2D eigenvalue weighted by Crippen LogP contribution is 2.48. The molecule has 2 saturated heterocycles. The van der Waals surface area contributed by atoms with Gasteiger partial charge in [0.15, 0.2) is 0 Å². The van der Waals surface area contributed by atoms with Gasteiger partial charge in [-0.15, -0.1) is 0 Å². The summed E-state index contributed by atoms with van der Waals surface area (Å²) in [6.45, 7) is 15.2. The number of likely N-dealkylation sites (tertiary alicyclic amines) is 1. The van der Waals surface area contributed by atoms with Crippen molar-refractivity contribution in [2.75, 3.05) is 13.1 Å². The van der Waals surface area contributed by atoms with Crippen LogP contribution in [-0.4, -0.2) is 48.0 Å². The first kappa shape index (κ1) is 24.5. The highest BCUT2D eigenvalue weighted by Gasteiger charge is 2.52. The first-order valence-electron chi connectivity index (χ1n) is 12.3. The van der Waals surface area contributed by atoms with E-state index in [0.29, 0.717) is 0 Å². The van der Waals surface area contributed by atoms with Gasteiger partial charge in [0.25, 0.3) is 0 Å². The van der Waals surface area contributed by atoms with Gasteiger partial charge in [-0.2, -0.15) is 0 Å². The molecule has 0 aromatic heterocycles. The zero-order valence-corrected chi connectivity index (χ0v) is 21.3. The quantitative estimate of drug-likeness (QED) is 0.555. The van der Waals surface area contributed by atoms with Crippen LogP contribution in [0.3, 0.4) is 0 Å². The number of nitrogens with zero attached hydrogens (tertiary/aromatic N) is 1. The minimum atomic E-state index is -0.550. The van der Waals surface area contributed by atoms with Crippen molar-refractivity contribution in [1.29, 1.82) is 0 Å². The molecule has 3 fully saturated rings. The molecule has 2 aliphatic heterocycles. The van der Waals surface area contributed by atoms with Gasteiger partial charge in [-0.1, -0.05) is 12.1 Å². The van der Waals surface area contributed by atoms with Crippen LogP contribution in [0.1, 0.15) is 92.1 Å². The fraction of sp³-hybridized carbons (Fsp3) is 0.731. The molecule has 0 atom stereocenters. The van der Waals surface area contributed by atoms with Crippen molar-refractivity contribution in [2.45, 2.75) is 103 Å². The van der Waals surface area contributed by atoms with E-state index in [4.69, 9.17) is 14.0 Å². The summed E-state index contributed by atoms with van der Waals surface area (Å²) in [6, 6.07) is 5.45. The number of ether oxygens (including phenoxy) is 1. The summed E-state index contributed by atoms with van der Waals surface area (Å²) in [5.41, 5.74) is 0.289. The van der Waals surface area contributed by atoms with Gasteiger partial charge in [-0.05, 0) is 109 Å². The van der Waals surface area contributed by atoms with Crippen LogP contribution >= 0.6 is 0 Å². The van der Waals surface area contributed by atoms with E-state index in [-0.39, 0.29) is 23.2 Å². The maximum atomic E-state index is 15.2. The van der Waals surface area contributed by atoms with Gasteiger partial charge in [-0.3, -0.25) is 0 Å². The van der Waals surface area contributed by atoms with Crippen LogP contribution < -0.4 is 5.46 Å². The fourth-order valence-corrected chi connectivity index (χ4v) is 5.37. The molecule has 2 heterocycles. The first-order chi connectivity index (χ1) is 15.2. The van der Waals surface area contributed by atoms with E-state index in [0.717, 1.165) is 56.2 Å². The molecule has 0 radical (unpaired) electrons. The van der Waals surface area contributed by atoms with Gasteiger partial charge in [-0.25, -0.2) is 9.18 Å². The van der Waals surface area contributed by atoms with Crippen LogP contribution in [0.15, 0.2) is 18.2 Å². The molecule has 33 heavy (non-hydrogen) atoms. The van der Waals surface area contributed by atoms with Crippen LogP contribution in [0, 0.1) is 11.2 Å². The minimum absolute atomic E-state index is 0.145. The average molecular weight is 459 g/mol. The Balaban J connectivity index is 1.37. The molecule has 1 amide bonds. The zero-order valence-electron chi connectivity index (χ0n) is 21.3. The normalized spacial score (nSPS) is 29.0. The summed E-state index contributed by atoms with van der Waals surface area (Å²) in [4.78, 5) is 14.3. The smallest absolute Gasteiger partial charge is 0.444 e. The predicted octanol–water partition coefficient (Wildman–Crippen LogP) is 5.41. The number of amides is 1. The van der Waals surface area contributed by atoms with Gasteiger partial charge >= 0.3 is 13.2 Å². The average Bonchev–Trinajstić information content (AvgIpc) is 3.19. The summed E-state index contributed by atoms with van der Waals surface area (Å²) < 4.78 is 32.9. The second-order valence-electron chi connectivity index (χ2n) is 12.3. The summed E-state index contributed by atoms with van der Waals surface area (Å²) in [7, 11) is -0.550. The maximum Gasteiger partial charge on any atom is 0.494 e. The Hall–Kier alpha value is -1.60. The molecule has 1 spiro atoms. The van der Waals surface area contributed by atoms with Crippen molar-refractivity contribution in [2.24, 2.45) is 5.41 Å². The third kappa shape index (κ3) is 4.95. The maximum absolute atomic E-state index is 15.2. The van der Waals surface area contributed by atoms with Crippen LogP contribution in [0.4, 0.5) is 9.18 Å². The number of hydrogen-bond acceptors (Lipinski definition) is 4. The lowest BCUT2D eigenvalue weighted by molar-refractivity contribution is 0.00578. The topological polar surface area (TPSA) is 48.0 Å². The van der Waals surface area contributed by atoms with Gasteiger partial charge in [0.2, 0.25) is 0 Å². The third-order valence-corrected chi connectivity index (χ3v) is 8.13. The number of rotatable bonds is 2. The molecular weight excluding hydrogens is 420 g/mol. The molecule has 1 aromatic rings. The molecule has 0 unspecified atom stereocenters. The number of carbonyl (C=O) groups is 1. The molecule has 7 heteroatoms. The molecule has 4 rings (SSSR count). The van der Waals surface area contributed by atoms with E-state index < -0.39 is 23.9 Å². The second-order valence-corrected chi connectivity index (χ2v) is 12.3. The Morgan fingerprint density at radius 3 is 2.24 bits per heavy atom. The molecule has 0 N–H and O–H groups in total. The Morgan fingerprint density at radius 2 is 1.70 bits per heavy atom. The Kier molecular flexibility index (Phi) is 6.14. The second kappa shape index (κ2) is 8.26. The SMILES string of the molecule is CC(C)(C)OC(=O)N1CCC2(CCC(c3ccc(B4OC(C)(C)C(C)(C)O4)cc3F)CC2)C1. The molecule has 1 aromatic carbocycles. The van der Waals surface area contributed by atoms with Gasteiger partial charge in [0.05, 0.1) is 11.2 Å². The minimum Gasteiger partial charge on any atom is -0.444 e. The van der Waals surface area contributed by atoms with Crippen molar-refractivity contribution in [3.63, 3.8) is 0 Å². The molecule has 0 bridgehead atoms. The van der Waals surface area contributed by atoms with Crippen LogP contribution in [-0.2, 0) is 14.0 Å². The number of hydrogen-bond donors (Lipinski definition) is 0. The summed E-state index contributed by atoms with van der Waals surface area (Å²) in [5, 5.41) is 0. The van der Waals surface area contributed by atoms with E-state index in [2.05, 4.69) is 0 Å². The highest BCUT2D eigenvalue weighted by molar-refractivity contribution is 6.62. The molecule has 5 nitrogen and oxygen atoms in total. The lowest BCUT2D eigenvalue weighted by Gasteiger charge is -2.37. The molecule has 1 aliphatic carbocycles. The van der Waals surface area contributed by atoms with Crippen molar-refractivity contribution in [3.05, 3.63) is 29.6 Å².